The molecule has 2 aliphatic rings. The van der Waals surface area contributed by atoms with E-state index in [0.29, 0.717) is 0 Å². The summed E-state index contributed by atoms with van der Waals surface area (Å²) in [7, 11) is 0. The number of fused-ring (bicyclic) bond motifs is 6. The molecule has 0 fully saturated rings. The molecule has 0 aromatic heterocycles. The number of hydrogen-bond donors (Lipinski definition) is 0. The molecule has 1 heterocycles. The lowest BCUT2D eigenvalue weighted by Crippen LogP contribution is -2.24. The van der Waals surface area contributed by atoms with Gasteiger partial charge >= 0.3 is 0 Å². The highest BCUT2D eigenvalue weighted by atomic mass is 16.5. The van der Waals surface area contributed by atoms with Gasteiger partial charge in [0.25, 0.3) is 0 Å². The molecule has 11 rings (SSSR count). The first-order valence-electron chi connectivity index (χ1n) is 20.1. The summed E-state index contributed by atoms with van der Waals surface area (Å²) in [4.78, 5) is 2.47. The van der Waals surface area contributed by atoms with Crippen molar-refractivity contribution in [1.82, 2.24) is 0 Å². The second-order valence-electron chi connectivity index (χ2n) is 15.2. The van der Waals surface area contributed by atoms with Crippen LogP contribution in [0.25, 0.3) is 61.0 Å². The Hall–Kier alpha value is -7.42. The molecule has 0 saturated carbocycles. The van der Waals surface area contributed by atoms with Crippen molar-refractivity contribution in [1.29, 1.82) is 0 Å². The van der Waals surface area contributed by atoms with Crippen LogP contribution in [0.2, 0.25) is 0 Å². The van der Waals surface area contributed by atoms with Gasteiger partial charge in [-0.2, -0.15) is 0 Å². The molecule has 274 valence electrons. The van der Waals surface area contributed by atoms with E-state index < -0.39 is 0 Å². The van der Waals surface area contributed by atoms with E-state index in [1.165, 1.54) is 72.0 Å². The third kappa shape index (κ3) is 5.90. The lowest BCUT2D eigenvalue weighted by atomic mass is 9.79. The number of ether oxygens (including phenoxy) is 1. The zero-order valence-corrected chi connectivity index (χ0v) is 31.9. The maximum atomic E-state index is 6.96. The Morgan fingerprint density at radius 3 is 1.67 bits per heavy atom. The highest BCUT2D eigenvalue weighted by molar-refractivity contribution is 5.97. The van der Waals surface area contributed by atoms with Crippen molar-refractivity contribution in [3.05, 3.63) is 241 Å². The Balaban J connectivity index is 1.07. The van der Waals surface area contributed by atoms with E-state index in [1.807, 2.05) is 0 Å². The third-order valence-corrected chi connectivity index (χ3v) is 11.8. The topological polar surface area (TPSA) is 12.5 Å². The van der Waals surface area contributed by atoms with Gasteiger partial charge in [0.1, 0.15) is 11.9 Å². The molecular weight excluding hydrogens is 703 g/mol. The van der Waals surface area contributed by atoms with Crippen molar-refractivity contribution in [3.8, 4) is 50.3 Å². The summed E-state index contributed by atoms with van der Waals surface area (Å²) in [5.41, 5.74) is 16.5. The monoisotopic (exact) mass is 741 g/mol. The van der Waals surface area contributed by atoms with Crippen molar-refractivity contribution in [2.45, 2.75) is 12.0 Å². The number of nitrogens with zero attached hydrogens (tertiary/aromatic N) is 1. The predicted octanol–water partition coefficient (Wildman–Crippen LogP) is 14.9. The standard InChI is InChI=1S/C56H39NO/c1-3-14-38(15-4-1)40-26-28-41(29-27-40)42-32-34-46(35-33-42)57(52-24-12-11-20-47(52)43-17-5-2-6-18-43)53-37-51-55-48(45-31-30-39-16-7-8-19-44(39)36-45)23-13-25-54(55)58-56(51)50-22-10-9-21-49(50)53/h1-37,51,56H. The second-order valence-corrected chi connectivity index (χ2v) is 15.2. The van der Waals surface area contributed by atoms with Crippen molar-refractivity contribution >= 4 is 27.8 Å². The zero-order chi connectivity index (χ0) is 38.4. The molecule has 1 aliphatic carbocycles. The van der Waals surface area contributed by atoms with Crippen LogP contribution in [0.5, 0.6) is 5.75 Å². The van der Waals surface area contributed by atoms with Crippen LogP contribution in [-0.2, 0) is 0 Å². The van der Waals surface area contributed by atoms with Crippen molar-refractivity contribution in [2.75, 3.05) is 4.90 Å². The molecule has 0 amide bonds. The van der Waals surface area contributed by atoms with E-state index in [4.69, 9.17) is 4.74 Å². The molecule has 0 radical (unpaired) electrons. The molecule has 9 aromatic carbocycles. The van der Waals surface area contributed by atoms with E-state index in [1.54, 1.807) is 0 Å². The fraction of sp³-hybridized carbons (Fsp3) is 0.0357. The average molecular weight is 742 g/mol. The van der Waals surface area contributed by atoms with Crippen LogP contribution in [0, 0.1) is 0 Å². The van der Waals surface area contributed by atoms with Crippen LogP contribution in [0.1, 0.15) is 28.7 Å². The van der Waals surface area contributed by atoms with Crippen molar-refractivity contribution in [3.63, 3.8) is 0 Å². The molecule has 1 aliphatic heterocycles. The normalized spacial score (nSPS) is 15.1. The number of para-hydroxylation sites is 1. The number of benzene rings is 9. The Morgan fingerprint density at radius 1 is 0.379 bits per heavy atom. The Bertz CT molecular complexity index is 2970. The zero-order valence-electron chi connectivity index (χ0n) is 31.9. The van der Waals surface area contributed by atoms with Gasteiger partial charge < -0.3 is 9.64 Å². The van der Waals surface area contributed by atoms with Gasteiger partial charge in [0.15, 0.2) is 0 Å². The van der Waals surface area contributed by atoms with Crippen LogP contribution in [0.3, 0.4) is 0 Å². The summed E-state index contributed by atoms with van der Waals surface area (Å²) in [6.07, 6.45) is 2.34. The molecule has 0 bridgehead atoms. The maximum Gasteiger partial charge on any atom is 0.135 e. The molecule has 58 heavy (non-hydrogen) atoms. The minimum absolute atomic E-state index is 0.00337. The lowest BCUT2D eigenvalue weighted by Gasteiger charge is -2.36. The van der Waals surface area contributed by atoms with Gasteiger partial charge in [0.05, 0.1) is 11.4 Å². The molecule has 2 unspecified atom stereocenters. The van der Waals surface area contributed by atoms with Gasteiger partial charge in [0.2, 0.25) is 0 Å². The summed E-state index contributed by atoms with van der Waals surface area (Å²) in [6, 6.07) is 78.8. The highest BCUT2D eigenvalue weighted by Gasteiger charge is 2.42. The molecule has 2 atom stereocenters. The van der Waals surface area contributed by atoms with Crippen LogP contribution in [0.4, 0.5) is 11.4 Å². The van der Waals surface area contributed by atoms with Crippen LogP contribution in [0.15, 0.2) is 224 Å². The second kappa shape index (κ2) is 14.3. The Kier molecular flexibility index (Phi) is 8.33. The first kappa shape index (κ1) is 33.9. The minimum atomic E-state index is -0.135. The van der Waals surface area contributed by atoms with Crippen LogP contribution >= 0.6 is 0 Å². The summed E-state index contributed by atoms with van der Waals surface area (Å²) >= 11 is 0. The van der Waals surface area contributed by atoms with Crippen molar-refractivity contribution < 1.29 is 4.74 Å². The first-order chi connectivity index (χ1) is 28.8. The van der Waals surface area contributed by atoms with E-state index in [9.17, 15) is 0 Å². The molecule has 2 heteroatoms. The van der Waals surface area contributed by atoms with E-state index in [2.05, 4.69) is 229 Å². The van der Waals surface area contributed by atoms with Gasteiger partial charge in [-0.15, -0.1) is 0 Å². The molecule has 2 nitrogen and oxygen atoms in total. The fourth-order valence-electron chi connectivity index (χ4n) is 9.05. The smallest absolute Gasteiger partial charge is 0.135 e. The number of anilines is 2. The summed E-state index contributed by atoms with van der Waals surface area (Å²) in [6.45, 7) is 0. The summed E-state index contributed by atoms with van der Waals surface area (Å²) in [5.74, 6) is 0.947. The van der Waals surface area contributed by atoms with Crippen LogP contribution < -0.4 is 9.64 Å². The van der Waals surface area contributed by atoms with E-state index in [0.717, 1.165) is 22.8 Å². The molecule has 0 spiro atoms. The third-order valence-electron chi connectivity index (χ3n) is 11.8. The SMILES string of the molecule is C1=C(N(c2ccc(-c3ccc(-c4ccccc4)cc3)cc2)c2ccccc2-c2ccccc2)c2ccccc2C2Oc3cccc(-c4ccc5ccccc5c4)c3C12. The van der Waals surface area contributed by atoms with Crippen molar-refractivity contribution in [2.24, 2.45) is 0 Å². The highest BCUT2D eigenvalue weighted by Crippen LogP contribution is 2.56. The van der Waals surface area contributed by atoms with Gasteiger partial charge in [-0.1, -0.05) is 188 Å². The van der Waals surface area contributed by atoms with Gasteiger partial charge in [-0.05, 0) is 86.1 Å². The van der Waals surface area contributed by atoms with Crippen LogP contribution in [-0.4, -0.2) is 0 Å². The minimum Gasteiger partial charge on any atom is -0.484 e. The summed E-state index contributed by atoms with van der Waals surface area (Å²) < 4.78 is 6.96. The summed E-state index contributed by atoms with van der Waals surface area (Å²) in [5, 5.41) is 2.47. The number of hydrogen-bond acceptors (Lipinski definition) is 2. The van der Waals surface area contributed by atoms with Gasteiger partial charge in [0, 0.05) is 33.9 Å². The maximum absolute atomic E-state index is 6.96. The number of rotatable bonds is 7. The Labute approximate surface area is 339 Å². The molecule has 0 saturated heterocycles. The average Bonchev–Trinajstić information content (AvgIpc) is 3.69. The predicted molar refractivity (Wildman–Crippen MR) is 241 cm³/mol. The van der Waals surface area contributed by atoms with E-state index in [-0.39, 0.29) is 12.0 Å². The molecule has 9 aromatic rings. The molecular formula is C56H39NO. The fourth-order valence-corrected chi connectivity index (χ4v) is 9.05. The molecule has 0 N–H and O–H groups in total. The lowest BCUT2D eigenvalue weighted by molar-refractivity contribution is 0.223. The van der Waals surface area contributed by atoms with Gasteiger partial charge in [-0.25, -0.2) is 0 Å². The van der Waals surface area contributed by atoms with E-state index >= 15 is 0 Å². The largest absolute Gasteiger partial charge is 0.484 e. The quantitative estimate of drug-likeness (QED) is 0.161. The Morgan fingerprint density at radius 2 is 0.931 bits per heavy atom. The van der Waals surface area contributed by atoms with Gasteiger partial charge in [-0.3, -0.25) is 0 Å². The first-order valence-corrected chi connectivity index (χ1v) is 20.1.